The van der Waals surface area contributed by atoms with Gasteiger partial charge < -0.3 is 4.74 Å². The van der Waals surface area contributed by atoms with E-state index < -0.39 is 0 Å². The highest BCUT2D eigenvalue weighted by atomic mass is 16.5. The van der Waals surface area contributed by atoms with Crippen molar-refractivity contribution < 1.29 is 4.74 Å². The van der Waals surface area contributed by atoms with Gasteiger partial charge in [0, 0.05) is 6.20 Å². The van der Waals surface area contributed by atoms with Crippen LogP contribution >= 0.6 is 0 Å². The molecule has 0 aliphatic heterocycles. The van der Waals surface area contributed by atoms with Crippen LogP contribution in [-0.2, 0) is 0 Å². The summed E-state index contributed by atoms with van der Waals surface area (Å²) in [7, 11) is 1.64. The molecule has 1 heterocycles. The van der Waals surface area contributed by atoms with Gasteiger partial charge in [0.15, 0.2) is 0 Å². The molecule has 0 fully saturated rings. The number of aromatic nitrogens is 2. The second-order valence-corrected chi connectivity index (χ2v) is 4.17. The summed E-state index contributed by atoms with van der Waals surface area (Å²) in [5.41, 5.74) is 2.98. The zero-order valence-electron chi connectivity index (χ0n) is 11.1. The summed E-state index contributed by atoms with van der Waals surface area (Å²) in [5, 5.41) is 4.41. The molecule has 0 atom stereocenters. The average Bonchev–Trinajstić information content (AvgIpc) is 2.70. The van der Waals surface area contributed by atoms with E-state index in [-0.39, 0.29) is 0 Å². The third-order valence-corrected chi connectivity index (χ3v) is 2.84. The lowest BCUT2D eigenvalue weighted by Gasteiger charge is -2.05. The van der Waals surface area contributed by atoms with Gasteiger partial charge in [-0.1, -0.05) is 12.1 Å². The maximum absolute atomic E-state index is 5.27. The number of ether oxygens (including phenoxy) is 1. The van der Waals surface area contributed by atoms with E-state index in [0.29, 0.717) is 0 Å². The first-order chi connectivity index (χ1) is 8.61. The number of hydrogen-bond donors (Lipinski definition) is 0. The minimum atomic E-state index is 0.762. The molecule has 0 radical (unpaired) electrons. The van der Waals surface area contributed by atoms with Crippen molar-refractivity contribution in [2.24, 2.45) is 4.99 Å². The van der Waals surface area contributed by atoms with Crippen molar-refractivity contribution >= 4 is 11.5 Å². The maximum Gasteiger partial charge on any atom is 0.144 e. The summed E-state index contributed by atoms with van der Waals surface area (Å²) in [6, 6.07) is 7.68. The van der Waals surface area contributed by atoms with Crippen LogP contribution in [0.5, 0.6) is 5.75 Å². The summed E-state index contributed by atoms with van der Waals surface area (Å²) >= 11 is 0. The van der Waals surface area contributed by atoms with Crippen LogP contribution in [0.1, 0.15) is 18.2 Å². The Morgan fingerprint density at radius 3 is 2.61 bits per heavy atom. The SMILES string of the molecule is COc1ccccc1N=C(C)n1cc(C)c(C)n1. The van der Waals surface area contributed by atoms with Gasteiger partial charge >= 0.3 is 0 Å². The molecule has 0 saturated carbocycles. The monoisotopic (exact) mass is 243 g/mol. The molecule has 4 nitrogen and oxygen atoms in total. The van der Waals surface area contributed by atoms with Crippen LogP contribution in [0.15, 0.2) is 35.5 Å². The fourth-order valence-corrected chi connectivity index (χ4v) is 1.66. The standard InChI is InChI=1S/C14H17N3O/c1-10-9-17(16-11(10)2)12(3)15-13-7-5-6-8-14(13)18-4/h5-9H,1-4H3. The van der Waals surface area contributed by atoms with Crippen molar-refractivity contribution in [3.05, 3.63) is 41.7 Å². The molecule has 0 N–H and O–H groups in total. The minimum Gasteiger partial charge on any atom is -0.494 e. The molecule has 0 bridgehead atoms. The molecule has 2 rings (SSSR count). The number of aryl methyl sites for hydroxylation is 2. The Morgan fingerprint density at radius 2 is 2.00 bits per heavy atom. The molecule has 0 saturated heterocycles. The Kier molecular flexibility index (Phi) is 3.46. The van der Waals surface area contributed by atoms with Crippen molar-refractivity contribution in [3.63, 3.8) is 0 Å². The fraction of sp³-hybridized carbons (Fsp3) is 0.286. The lowest BCUT2D eigenvalue weighted by Crippen LogP contribution is -2.07. The van der Waals surface area contributed by atoms with E-state index in [0.717, 1.165) is 28.5 Å². The van der Waals surface area contributed by atoms with Gasteiger partial charge in [0.25, 0.3) is 0 Å². The smallest absolute Gasteiger partial charge is 0.144 e. The van der Waals surface area contributed by atoms with Crippen LogP contribution < -0.4 is 4.74 Å². The first-order valence-corrected chi connectivity index (χ1v) is 5.83. The molecule has 0 amide bonds. The zero-order valence-corrected chi connectivity index (χ0v) is 11.1. The Balaban J connectivity index is 2.38. The van der Waals surface area contributed by atoms with Crippen LogP contribution in [0.3, 0.4) is 0 Å². The van der Waals surface area contributed by atoms with Crippen molar-refractivity contribution in [2.75, 3.05) is 7.11 Å². The topological polar surface area (TPSA) is 39.4 Å². The Labute approximate surface area is 107 Å². The second-order valence-electron chi connectivity index (χ2n) is 4.17. The predicted molar refractivity (Wildman–Crippen MR) is 72.9 cm³/mol. The van der Waals surface area contributed by atoms with Gasteiger partial charge in [0.1, 0.15) is 17.3 Å². The number of para-hydroxylation sites is 2. The zero-order chi connectivity index (χ0) is 13.1. The average molecular weight is 243 g/mol. The number of benzene rings is 1. The van der Waals surface area contributed by atoms with Crippen LogP contribution in [0.25, 0.3) is 0 Å². The van der Waals surface area contributed by atoms with Crippen molar-refractivity contribution in [3.8, 4) is 5.75 Å². The summed E-state index contributed by atoms with van der Waals surface area (Å²) in [4.78, 5) is 4.55. The summed E-state index contributed by atoms with van der Waals surface area (Å²) < 4.78 is 7.06. The third-order valence-electron chi connectivity index (χ3n) is 2.84. The maximum atomic E-state index is 5.27. The molecule has 2 aromatic rings. The molecule has 0 unspecified atom stereocenters. The van der Waals surface area contributed by atoms with Crippen LogP contribution in [0, 0.1) is 13.8 Å². The van der Waals surface area contributed by atoms with E-state index in [9.17, 15) is 0 Å². The highest BCUT2D eigenvalue weighted by molar-refractivity contribution is 5.84. The predicted octanol–water partition coefficient (Wildman–Crippen LogP) is 3.11. The van der Waals surface area contributed by atoms with Gasteiger partial charge in [0.05, 0.1) is 12.8 Å². The van der Waals surface area contributed by atoms with Gasteiger partial charge in [-0.15, -0.1) is 0 Å². The number of hydrogen-bond acceptors (Lipinski definition) is 3. The number of methoxy groups -OCH3 is 1. The molecule has 18 heavy (non-hydrogen) atoms. The van der Waals surface area contributed by atoms with Crippen molar-refractivity contribution in [1.82, 2.24) is 9.78 Å². The minimum absolute atomic E-state index is 0.762. The van der Waals surface area contributed by atoms with Gasteiger partial charge in [-0.3, -0.25) is 0 Å². The van der Waals surface area contributed by atoms with E-state index in [1.54, 1.807) is 11.8 Å². The first-order valence-electron chi connectivity index (χ1n) is 5.83. The summed E-state index contributed by atoms with van der Waals surface area (Å²) in [6.45, 7) is 5.95. The van der Waals surface area contributed by atoms with Crippen LogP contribution in [-0.4, -0.2) is 22.7 Å². The molecule has 0 spiro atoms. The number of aliphatic imine (C=N–C) groups is 1. The largest absolute Gasteiger partial charge is 0.494 e. The Bertz CT molecular complexity index is 565. The molecule has 4 heteroatoms. The van der Waals surface area contributed by atoms with E-state index in [1.807, 2.05) is 51.2 Å². The summed E-state index contributed by atoms with van der Waals surface area (Å²) in [6.07, 6.45) is 1.98. The van der Waals surface area contributed by atoms with Crippen LogP contribution in [0.2, 0.25) is 0 Å². The molecule has 0 aliphatic rings. The van der Waals surface area contributed by atoms with E-state index in [1.165, 1.54) is 0 Å². The van der Waals surface area contributed by atoms with E-state index in [4.69, 9.17) is 4.74 Å². The third kappa shape index (κ3) is 2.42. The van der Waals surface area contributed by atoms with Gasteiger partial charge in [-0.2, -0.15) is 5.10 Å². The fourth-order valence-electron chi connectivity index (χ4n) is 1.66. The summed E-state index contributed by atoms with van der Waals surface area (Å²) in [5.74, 6) is 1.58. The van der Waals surface area contributed by atoms with E-state index in [2.05, 4.69) is 10.1 Å². The molecular formula is C14H17N3O. The Morgan fingerprint density at radius 1 is 1.28 bits per heavy atom. The lowest BCUT2D eigenvalue weighted by molar-refractivity contribution is 0.416. The van der Waals surface area contributed by atoms with Gasteiger partial charge in [0.2, 0.25) is 0 Å². The normalized spacial score (nSPS) is 11.7. The lowest BCUT2D eigenvalue weighted by atomic mass is 10.3. The molecule has 0 aliphatic carbocycles. The van der Waals surface area contributed by atoms with Gasteiger partial charge in [-0.05, 0) is 38.5 Å². The Hall–Kier alpha value is -2.10. The van der Waals surface area contributed by atoms with E-state index >= 15 is 0 Å². The van der Waals surface area contributed by atoms with Crippen molar-refractivity contribution in [2.45, 2.75) is 20.8 Å². The number of rotatable bonds is 2. The van der Waals surface area contributed by atoms with Crippen molar-refractivity contribution in [1.29, 1.82) is 0 Å². The molecule has 1 aromatic heterocycles. The van der Waals surface area contributed by atoms with Crippen LogP contribution in [0.4, 0.5) is 5.69 Å². The molecule has 94 valence electrons. The highest BCUT2D eigenvalue weighted by Crippen LogP contribution is 2.26. The quantitative estimate of drug-likeness (QED) is 0.600. The molecule has 1 aromatic carbocycles. The second kappa shape index (κ2) is 5.04. The van der Waals surface area contributed by atoms with Gasteiger partial charge in [-0.25, -0.2) is 9.67 Å². The molecular weight excluding hydrogens is 226 g/mol. The highest BCUT2D eigenvalue weighted by Gasteiger charge is 2.04. The first kappa shape index (κ1) is 12.4. The number of nitrogens with zero attached hydrogens (tertiary/aromatic N) is 3.